The first-order valence-electron chi connectivity index (χ1n) is 12.4. The predicted octanol–water partition coefficient (Wildman–Crippen LogP) is 4.04. The number of carbonyl (C=O) groups is 1. The third kappa shape index (κ3) is 6.00. The van der Waals surface area contributed by atoms with Crippen molar-refractivity contribution in [3.8, 4) is 0 Å². The van der Waals surface area contributed by atoms with Gasteiger partial charge in [-0.25, -0.2) is 0 Å². The van der Waals surface area contributed by atoms with Crippen LogP contribution in [-0.4, -0.2) is 52.9 Å². The molecule has 2 saturated heterocycles. The number of likely N-dealkylation sites (tertiary alicyclic amines) is 1. The van der Waals surface area contributed by atoms with E-state index in [1.165, 1.54) is 0 Å². The van der Waals surface area contributed by atoms with Crippen LogP contribution in [0.1, 0.15) is 52.3 Å². The number of β-amino-alcohol motifs (C(OH)–C–C–N with tert-alkyl or cyclic N) is 1. The van der Waals surface area contributed by atoms with Gasteiger partial charge in [0.15, 0.2) is 6.29 Å². The van der Waals surface area contributed by atoms with Crippen LogP contribution in [0, 0.1) is 0 Å². The van der Waals surface area contributed by atoms with E-state index in [4.69, 9.17) is 9.47 Å². The van der Waals surface area contributed by atoms with Gasteiger partial charge in [0.25, 0.3) is 5.91 Å². The molecule has 2 aliphatic rings. The fourth-order valence-electron chi connectivity index (χ4n) is 4.85. The number of hydrogen-bond donors (Lipinski definition) is 3. The highest BCUT2D eigenvalue weighted by molar-refractivity contribution is 6.04. The van der Waals surface area contributed by atoms with Crippen molar-refractivity contribution >= 4 is 11.6 Å². The smallest absolute Gasteiger partial charge is 0.255 e. The highest BCUT2D eigenvalue weighted by Gasteiger charge is 2.34. The van der Waals surface area contributed by atoms with Gasteiger partial charge in [0.2, 0.25) is 0 Å². The minimum Gasteiger partial charge on any atom is -0.392 e. The number of nitrogens with one attached hydrogen (secondary N) is 1. The Balaban J connectivity index is 1.35. The monoisotopic (exact) mass is 488 g/mol. The van der Waals surface area contributed by atoms with Crippen molar-refractivity contribution in [1.29, 1.82) is 0 Å². The first-order valence-corrected chi connectivity index (χ1v) is 12.4. The summed E-state index contributed by atoms with van der Waals surface area (Å²) in [6.45, 7) is 2.22. The van der Waals surface area contributed by atoms with E-state index in [1.807, 2.05) is 66.7 Å². The van der Waals surface area contributed by atoms with Crippen molar-refractivity contribution in [2.45, 2.75) is 44.1 Å². The zero-order valence-electron chi connectivity index (χ0n) is 20.1. The minimum absolute atomic E-state index is 0.00105. The topological polar surface area (TPSA) is 91.3 Å². The Morgan fingerprint density at radius 3 is 2.50 bits per heavy atom. The summed E-state index contributed by atoms with van der Waals surface area (Å²) in [6.07, 6.45) is 0.309. The minimum atomic E-state index is -0.604. The first kappa shape index (κ1) is 24.6. The summed E-state index contributed by atoms with van der Waals surface area (Å²) in [5.74, 6) is -0.175. The van der Waals surface area contributed by atoms with Crippen LogP contribution in [-0.2, 0) is 16.1 Å². The molecule has 3 aromatic carbocycles. The molecule has 0 spiro atoms. The molecule has 0 aliphatic carbocycles. The summed E-state index contributed by atoms with van der Waals surface area (Å²) in [5, 5.41) is 22.3. The lowest BCUT2D eigenvalue weighted by Crippen LogP contribution is -2.38. The van der Waals surface area contributed by atoms with E-state index in [0.29, 0.717) is 30.8 Å². The Hall–Kier alpha value is -3.07. The van der Waals surface area contributed by atoms with Crippen molar-refractivity contribution in [2.24, 2.45) is 0 Å². The number of ether oxygens (including phenoxy) is 2. The Bertz CT molecular complexity index is 1150. The van der Waals surface area contributed by atoms with E-state index >= 15 is 0 Å². The van der Waals surface area contributed by atoms with Gasteiger partial charge in [-0.05, 0) is 41.8 Å². The number of amides is 1. The molecule has 2 fully saturated rings. The fraction of sp³-hybridized carbons (Fsp3) is 0.345. The molecule has 0 bridgehead atoms. The van der Waals surface area contributed by atoms with Crippen LogP contribution in [0.25, 0.3) is 0 Å². The van der Waals surface area contributed by atoms with Crippen molar-refractivity contribution in [3.05, 3.63) is 101 Å². The Labute approximate surface area is 211 Å². The maximum Gasteiger partial charge on any atom is 0.255 e. The van der Waals surface area contributed by atoms with Crippen molar-refractivity contribution < 1.29 is 24.5 Å². The van der Waals surface area contributed by atoms with E-state index in [9.17, 15) is 15.0 Å². The number of rotatable bonds is 7. The summed E-state index contributed by atoms with van der Waals surface area (Å²) < 4.78 is 12.8. The summed E-state index contributed by atoms with van der Waals surface area (Å²) in [5.41, 5.74) is 3.96. The molecule has 2 aliphatic heterocycles. The molecule has 0 radical (unpaired) electrons. The lowest BCUT2D eigenvalue weighted by atomic mass is 9.99. The standard InChI is InChI=1S/C29H32N2O5/c32-19-20-9-11-21(12-10-20)27-16-26(18-31-14-13-25(33)17-31)35-29(36-27)23-7-4-8-24(15-23)30-28(34)22-5-2-1-3-6-22/h1-12,15,25-27,29,32-33H,13-14,16-19H2,(H,30,34). The molecule has 3 aromatic rings. The zero-order valence-corrected chi connectivity index (χ0v) is 20.1. The van der Waals surface area contributed by atoms with Gasteiger partial charge in [0, 0.05) is 42.9 Å². The van der Waals surface area contributed by atoms with E-state index in [-0.39, 0.29) is 30.8 Å². The second kappa shape index (κ2) is 11.3. The Morgan fingerprint density at radius 1 is 0.972 bits per heavy atom. The fourth-order valence-corrected chi connectivity index (χ4v) is 4.85. The van der Waals surface area contributed by atoms with Gasteiger partial charge >= 0.3 is 0 Å². The number of aliphatic hydroxyl groups is 2. The van der Waals surface area contributed by atoms with Crippen LogP contribution in [0.5, 0.6) is 0 Å². The first-order chi connectivity index (χ1) is 17.6. The average molecular weight is 489 g/mol. The molecule has 5 rings (SSSR count). The maximum absolute atomic E-state index is 12.6. The normalized spacial score (nSPS) is 24.5. The summed E-state index contributed by atoms with van der Waals surface area (Å²) in [4.78, 5) is 14.9. The largest absolute Gasteiger partial charge is 0.392 e. The van der Waals surface area contributed by atoms with Crippen LogP contribution < -0.4 is 5.32 Å². The van der Waals surface area contributed by atoms with Crippen LogP contribution in [0.2, 0.25) is 0 Å². The molecule has 4 unspecified atom stereocenters. The van der Waals surface area contributed by atoms with Crippen LogP contribution in [0.3, 0.4) is 0 Å². The van der Waals surface area contributed by atoms with Crippen molar-refractivity contribution in [3.63, 3.8) is 0 Å². The number of nitrogens with zero attached hydrogens (tertiary/aromatic N) is 1. The van der Waals surface area contributed by atoms with Gasteiger partial charge in [-0.2, -0.15) is 0 Å². The maximum atomic E-state index is 12.6. The van der Waals surface area contributed by atoms with Gasteiger partial charge in [0.1, 0.15) is 0 Å². The number of anilines is 1. The molecule has 36 heavy (non-hydrogen) atoms. The van der Waals surface area contributed by atoms with E-state index in [0.717, 1.165) is 29.7 Å². The SMILES string of the molecule is O=C(Nc1cccc(C2OC(CN3CCC(O)C3)CC(c3ccc(CO)cc3)O2)c1)c1ccccc1. The molecule has 3 N–H and O–H groups in total. The molecule has 188 valence electrons. The Morgan fingerprint density at radius 2 is 1.78 bits per heavy atom. The zero-order chi connectivity index (χ0) is 24.9. The second-order valence-electron chi connectivity index (χ2n) is 9.50. The molecule has 4 atom stereocenters. The highest BCUT2D eigenvalue weighted by Crippen LogP contribution is 2.39. The molecular weight excluding hydrogens is 456 g/mol. The van der Waals surface area contributed by atoms with Crippen LogP contribution in [0.15, 0.2) is 78.9 Å². The second-order valence-corrected chi connectivity index (χ2v) is 9.50. The van der Waals surface area contributed by atoms with Gasteiger partial charge in [0.05, 0.1) is 24.9 Å². The van der Waals surface area contributed by atoms with Gasteiger partial charge in [-0.3, -0.25) is 9.69 Å². The predicted molar refractivity (Wildman–Crippen MR) is 136 cm³/mol. The quantitative estimate of drug-likeness (QED) is 0.465. The number of aliphatic hydroxyl groups excluding tert-OH is 2. The van der Waals surface area contributed by atoms with Crippen molar-refractivity contribution in [2.75, 3.05) is 25.0 Å². The number of hydrogen-bond acceptors (Lipinski definition) is 6. The van der Waals surface area contributed by atoms with Crippen LogP contribution >= 0.6 is 0 Å². The van der Waals surface area contributed by atoms with E-state index in [1.54, 1.807) is 12.1 Å². The number of carbonyl (C=O) groups excluding carboxylic acids is 1. The Kier molecular flexibility index (Phi) is 7.75. The number of benzene rings is 3. The third-order valence-electron chi connectivity index (χ3n) is 6.78. The molecule has 0 aromatic heterocycles. The van der Waals surface area contributed by atoms with Gasteiger partial charge in [-0.1, -0.05) is 54.6 Å². The van der Waals surface area contributed by atoms with E-state index in [2.05, 4.69) is 10.2 Å². The average Bonchev–Trinajstić information content (AvgIpc) is 3.33. The highest BCUT2D eigenvalue weighted by atomic mass is 16.7. The van der Waals surface area contributed by atoms with Gasteiger partial charge < -0.3 is 25.0 Å². The van der Waals surface area contributed by atoms with Crippen molar-refractivity contribution in [1.82, 2.24) is 4.90 Å². The molecular formula is C29H32N2O5. The molecule has 2 heterocycles. The molecule has 1 amide bonds. The van der Waals surface area contributed by atoms with E-state index < -0.39 is 6.29 Å². The van der Waals surface area contributed by atoms with Gasteiger partial charge in [-0.15, -0.1) is 0 Å². The summed E-state index contributed by atoms with van der Waals surface area (Å²) >= 11 is 0. The molecule has 0 saturated carbocycles. The molecule has 7 heteroatoms. The molecule has 7 nitrogen and oxygen atoms in total. The lowest BCUT2D eigenvalue weighted by Gasteiger charge is -2.38. The third-order valence-corrected chi connectivity index (χ3v) is 6.78. The summed E-state index contributed by atoms with van der Waals surface area (Å²) in [6, 6.07) is 24.5. The van der Waals surface area contributed by atoms with Crippen LogP contribution in [0.4, 0.5) is 5.69 Å². The lowest BCUT2D eigenvalue weighted by molar-refractivity contribution is -0.252. The summed E-state index contributed by atoms with van der Waals surface area (Å²) in [7, 11) is 0.